The number of carbonyl (C=O) groups excluding carboxylic acids is 3. The summed E-state index contributed by atoms with van der Waals surface area (Å²) in [6.07, 6.45) is -0.877. The molecular formula is C29H20Cl2F3N5O3. The Morgan fingerprint density at radius 2 is 1.81 bits per heavy atom. The number of anilines is 1. The summed E-state index contributed by atoms with van der Waals surface area (Å²) in [5.74, 6) is -1.48. The van der Waals surface area contributed by atoms with Crippen molar-refractivity contribution >= 4 is 46.6 Å². The second-order valence-corrected chi connectivity index (χ2v) is 10.3. The van der Waals surface area contributed by atoms with Gasteiger partial charge in [0, 0.05) is 43.7 Å². The number of ketones is 1. The fourth-order valence-corrected chi connectivity index (χ4v) is 5.01. The van der Waals surface area contributed by atoms with E-state index in [1.807, 2.05) is 0 Å². The van der Waals surface area contributed by atoms with Gasteiger partial charge in [0.15, 0.2) is 5.78 Å². The van der Waals surface area contributed by atoms with E-state index in [1.54, 1.807) is 36.5 Å². The third-order valence-electron chi connectivity index (χ3n) is 6.60. The van der Waals surface area contributed by atoms with E-state index in [0.717, 1.165) is 12.1 Å². The zero-order chi connectivity index (χ0) is 30.0. The Morgan fingerprint density at radius 3 is 2.48 bits per heavy atom. The van der Waals surface area contributed by atoms with Gasteiger partial charge in [-0.25, -0.2) is 9.97 Å². The minimum atomic E-state index is -4.56. The molecule has 3 aromatic heterocycles. The number of pyridine rings is 3. The van der Waals surface area contributed by atoms with Crippen LogP contribution in [-0.2, 0) is 30.4 Å². The highest BCUT2D eigenvalue weighted by molar-refractivity contribution is 6.34. The second kappa shape index (κ2) is 11.9. The number of carbonyl (C=O) groups is 3. The van der Waals surface area contributed by atoms with Crippen molar-refractivity contribution in [1.29, 1.82) is 0 Å². The summed E-state index contributed by atoms with van der Waals surface area (Å²) in [5.41, 5.74) is 0.760. The number of alkyl halides is 3. The number of nitrogens with one attached hydrogen (secondary N) is 1. The SMILES string of the molecule is O=C(Nc1ccc(C(F)(F)F)cn1)c1ccc(CN2C(=O)c3ncc(Cl)cc3CC(=O)[C@@H]2Cc2ccccn2)cc1Cl. The van der Waals surface area contributed by atoms with E-state index < -0.39 is 29.6 Å². The summed E-state index contributed by atoms with van der Waals surface area (Å²) in [7, 11) is 0. The van der Waals surface area contributed by atoms with Gasteiger partial charge in [-0.05, 0) is 53.6 Å². The lowest BCUT2D eigenvalue weighted by Crippen LogP contribution is -2.45. The Morgan fingerprint density at radius 1 is 1.00 bits per heavy atom. The van der Waals surface area contributed by atoms with E-state index in [0.29, 0.717) is 28.0 Å². The molecule has 1 atom stereocenters. The summed E-state index contributed by atoms with van der Waals surface area (Å²) in [4.78, 5) is 53.5. The van der Waals surface area contributed by atoms with Gasteiger partial charge in [-0.2, -0.15) is 13.2 Å². The van der Waals surface area contributed by atoms with Crippen LogP contribution >= 0.6 is 23.2 Å². The maximum Gasteiger partial charge on any atom is 0.417 e. The molecule has 0 bridgehead atoms. The van der Waals surface area contributed by atoms with Gasteiger partial charge in [0.05, 0.1) is 27.2 Å². The first kappa shape index (κ1) is 29.2. The van der Waals surface area contributed by atoms with E-state index in [9.17, 15) is 27.6 Å². The molecule has 5 rings (SSSR count). The molecule has 1 N–H and O–H groups in total. The average molecular weight is 614 g/mol. The van der Waals surface area contributed by atoms with E-state index in [2.05, 4.69) is 20.3 Å². The molecule has 0 aliphatic carbocycles. The molecule has 214 valence electrons. The molecular weight excluding hydrogens is 594 g/mol. The predicted octanol–water partition coefficient (Wildman–Crippen LogP) is 5.83. The molecule has 0 fully saturated rings. The average Bonchev–Trinajstić information content (AvgIpc) is 3.03. The zero-order valence-electron chi connectivity index (χ0n) is 21.5. The molecule has 0 spiro atoms. The topological polar surface area (TPSA) is 105 Å². The zero-order valence-corrected chi connectivity index (χ0v) is 23.0. The predicted molar refractivity (Wildman–Crippen MR) is 148 cm³/mol. The van der Waals surface area contributed by atoms with Crippen LogP contribution in [0.1, 0.15) is 43.2 Å². The molecule has 4 aromatic rings. The normalized spacial score (nSPS) is 15.3. The van der Waals surface area contributed by atoms with Crippen LogP contribution in [0.5, 0.6) is 0 Å². The van der Waals surface area contributed by atoms with E-state index in [1.165, 1.54) is 23.2 Å². The smallest absolute Gasteiger partial charge is 0.323 e. The molecule has 0 saturated carbocycles. The minimum absolute atomic E-state index is 0.0251. The minimum Gasteiger partial charge on any atom is -0.323 e. The van der Waals surface area contributed by atoms with Crippen LogP contribution < -0.4 is 5.32 Å². The van der Waals surface area contributed by atoms with Crippen LogP contribution in [0.25, 0.3) is 0 Å². The van der Waals surface area contributed by atoms with Gasteiger partial charge in [0.25, 0.3) is 11.8 Å². The Hall–Kier alpha value is -4.35. The number of aromatic nitrogens is 3. The van der Waals surface area contributed by atoms with Crippen molar-refractivity contribution in [2.24, 2.45) is 0 Å². The lowest BCUT2D eigenvalue weighted by atomic mass is 10.00. The molecule has 0 unspecified atom stereocenters. The van der Waals surface area contributed by atoms with Crippen LogP contribution in [0.4, 0.5) is 19.0 Å². The highest BCUT2D eigenvalue weighted by Gasteiger charge is 2.37. The Bertz CT molecular complexity index is 1670. The molecule has 42 heavy (non-hydrogen) atoms. The van der Waals surface area contributed by atoms with Crippen LogP contribution in [0, 0.1) is 0 Å². The standard InChI is InChI=1S/C29H20Cl2F3N5O3/c30-19-10-17-11-24(40)23(12-20-3-1-2-8-35-20)39(28(42)26(17)37-14-19)15-16-4-6-21(22(31)9-16)27(41)38-25-7-5-18(13-36-25)29(32,33)34/h1-10,13-14,23H,11-12,15H2,(H,36,38,41)/t23-/m0/s1. The van der Waals surface area contributed by atoms with Gasteiger partial charge in [-0.3, -0.25) is 19.4 Å². The van der Waals surface area contributed by atoms with Crippen molar-refractivity contribution in [3.8, 4) is 0 Å². The van der Waals surface area contributed by atoms with E-state index in [4.69, 9.17) is 23.2 Å². The number of rotatable bonds is 6. The molecule has 8 nitrogen and oxygen atoms in total. The summed E-state index contributed by atoms with van der Waals surface area (Å²) in [6.45, 7) is -0.0338. The number of hydrogen-bond acceptors (Lipinski definition) is 6. The molecule has 4 heterocycles. The fourth-order valence-electron chi connectivity index (χ4n) is 4.55. The molecule has 0 saturated heterocycles. The van der Waals surface area contributed by atoms with E-state index in [-0.39, 0.29) is 47.3 Å². The summed E-state index contributed by atoms with van der Waals surface area (Å²) < 4.78 is 38.4. The highest BCUT2D eigenvalue weighted by atomic mass is 35.5. The van der Waals surface area contributed by atoms with Crippen LogP contribution in [0.3, 0.4) is 0 Å². The van der Waals surface area contributed by atoms with Crippen molar-refractivity contribution in [3.05, 3.63) is 117 Å². The maximum absolute atomic E-state index is 13.7. The van der Waals surface area contributed by atoms with Crippen molar-refractivity contribution in [2.45, 2.75) is 31.6 Å². The van der Waals surface area contributed by atoms with Crippen molar-refractivity contribution in [3.63, 3.8) is 0 Å². The third kappa shape index (κ3) is 6.42. The van der Waals surface area contributed by atoms with Gasteiger partial charge >= 0.3 is 6.18 Å². The Kier molecular flexibility index (Phi) is 8.24. The largest absolute Gasteiger partial charge is 0.417 e. The van der Waals surface area contributed by atoms with Crippen LogP contribution in [-0.4, -0.2) is 43.5 Å². The van der Waals surface area contributed by atoms with Crippen LogP contribution in [0.2, 0.25) is 10.0 Å². The van der Waals surface area contributed by atoms with Crippen molar-refractivity contribution < 1.29 is 27.6 Å². The molecule has 1 aliphatic heterocycles. The van der Waals surface area contributed by atoms with Gasteiger partial charge in [0.2, 0.25) is 0 Å². The number of amides is 2. The number of halogens is 5. The molecule has 2 amide bonds. The fraction of sp³-hybridized carbons (Fsp3) is 0.172. The first-order valence-corrected chi connectivity index (χ1v) is 13.3. The molecule has 1 aliphatic rings. The van der Waals surface area contributed by atoms with Crippen LogP contribution in [0.15, 0.2) is 73.2 Å². The number of fused-ring (bicyclic) bond motifs is 1. The third-order valence-corrected chi connectivity index (χ3v) is 7.12. The molecule has 1 aromatic carbocycles. The summed E-state index contributed by atoms with van der Waals surface area (Å²) >= 11 is 12.5. The Labute approximate surface area is 247 Å². The van der Waals surface area contributed by atoms with Gasteiger partial charge < -0.3 is 10.2 Å². The van der Waals surface area contributed by atoms with Gasteiger partial charge in [-0.1, -0.05) is 35.3 Å². The lowest BCUT2D eigenvalue weighted by Gasteiger charge is -2.29. The lowest BCUT2D eigenvalue weighted by molar-refractivity contribution is -0.137. The summed E-state index contributed by atoms with van der Waals surface area (Å²) in [6, 6.07) is 12.3. The highest BCUT2D eigenvalue weighted by Crippen LogP contribution is 2.30. The number of hydrogen-bond donors (Lipinski definition) is 1. The van der Waals surface area contributed by atoms with E-state index >= 15 is 0 Å². The molecule has 0 radical (unpaired) electrons. The first-order valence-electron chi connectivity index (χ1n) is 12.5. The van der Waals surface area contributed by atoms with Crippen molar-refractivity contribution in [1.82, 2.24) is 19.9 Å². The van der Waals surface area contributed by atoms with Gasteiger partial charge in [0.1, 0.15) is 11.5 Å². The maximum atomic E-state index is 13.7. The quantitative estimate of drug-likeness (QED) is 0.293. The number of nitrogens with zero attached hydrogens (tertiary/aromatic N) is 4. The Balaban J connectivity index is 1.40. The monoisotopic (exact) mass is 613 g/mol. The summed E-state index contributed by atoms with van der Waals surface area (Å²) in [5, 5.41) is 2.74. The van der Waals surface area contributed by atoms with Crippen molar-refractivity contribution in [2.75, 3.05) is 5.32 Å². The molecule has 13 heteroatoms. The first-order chi connectivity index (χ1) is 20.0. The second-order valence-electron chi connectivity index (χ2n) is 9.48. The van der Waals surface area contributed by atoms with Gasteiger partial charge in [-0.15, -0.1) is 0 Å². The number of benzene rings is 1. The number of Topliss-reactive ketones (excluding diaryl/α,β-unsaturated/α-hetero) is 1.